The summed E-state index contributed by atoms with van der Waals surface area (Å²) in [6, 6.07) is 1.29. The van der Waals surface area contributed by atoms with Gasteiger partial charge in [-0.15, -0.1) is 0 Å². The highest BCUT2D eigenvalue weighted by molar-refractivity contribution is 5.79. The topological polar surface area (TPSA) is 62.4 Å². The van der Waals surface area contributed by atoms with E-state index >= 15 is 0 Å². The van der Waals surface area contributed by atoms with E-state index in [1.807, 2.05) is 0 Å². The molecule has 0 heterocycles. The molecule has 1 fully saturated rings. The van der Waals surface area contributed by atoms with Crippen LogP contribution in [0.1, 0.15) is 25.7 Å². The number of quaternary nitrogens is 1. The number of nitrogens with two attached hydrogens (primary N) is 1. The van der Waals surface area contributed by atoms with Crippen molar-refractivity contribution in [2.24, 2.45) is 10.8 Å². The van der Waals surface area contributed by atoms with Gasteiger partial charge in [-0.3, -0.25) is 10.4 Å². The van der Waals surface area contributed by atoms with Crippen LogP contribution in [0.3, 0.4) is 0 Å². The van der Waals surface area contributed by atoms with E-state index in [-0.39, 0.29) is 0 Å². The Morgan fingerprint density at radius 3 is 2.12 bits per heavy atom. The molecule has 0 atom stereocenters. The summed E-state index contributed by atoms with van der Waals surface area (Å²) in [5.41, 5.74) is 2.58. The Bertz CT molecular complexity index is 235. The maximum atomic E-state index is 5.35. The van der Waals surface area contributed by atoms with Crippen molar-refractivity contribution >= 4 is 5.96 Å². The molecular formula is C11H26N5+. The lowest BCUT2D eigenvalue weighted by Crippen LogP contribution is -2.52. The van der Waals surface area contributed by atoms with E-state index in [4.69, 9.17) is 5.84 Å². The quantitative estimate of drug-likeness (QED) is 0.206. The van der Waals surface area contributed by atoms with Gasteiger partial charge in [0.05, 0.1) is 27.2 Å². The van der Waals surface area contributed by atoms with Gasteiger partial charge in [0.2, 0.25) is 5.96 Å². The van der Waals surface area contributed by atoms with Gasteiger partial charge in [0.15, 0.2) is 0 Å². The van der Waals surface area contributed by atoms with Crippen molar-refractivity contribution in [3.8, 4) is 0 Å². The number of hydrogen-bond donors (Lipinski definition) is 3. The lowest BCUT2D eigenvalue weighted by atomic mass is 9.89. The first-order chi connectivity index (χ1) is 7.47. The van der Waals surface area contributed by atoms with Crippen LogP contribution >= 0.6 is 0 Å². The van der Waals surface area contributed by atoms with Crippen molar-refractivity contribution in [2.75, 3.05) is 28.2 Å². The van der Waals surface area contributed by atoms with E-state index in [1.165, 1.54) is 25.7 Å². The molecule has 0 amide bonds. The molecule has 1 rings (SSSR count). The predicted octanol–water partition coefficient (Wildman–Crippen LogP) is 0.0425. The zero-order valence-corrected chi connectivity index (χ0v) is 11.0. The molecule has 0 saturated heterocycles. The fraction of sp³-hybridized carbons (Fsp3) is 0.909. The summed E-state index contributed by atoms with van der Waals surface area (Å²) in [7, 11) is 8.57. The van der Waals surface area contributed by atoms with Crippen molar-refractivity contribution in [1.82, 2.24) is 10.7 Å². The van der Waals surface area contributed by atoms with Crippen molar-refractivity contribution in [3.05, 3.63) is 0 Å². The van der Waals surface area contributed by atoms with Gasteiger partial charge in [-0.05, 0) is 12.8 Å². The molecule has 16 heavy (non-hydrogen) atoms. The first kappa shape index (κ1) is 13.3. The molecule has 1 aliphatic rings. The van der Waals surface area contributed by atoms with Crippen LogP contribution in [0.25, 0.3) is 0 Å². The molecule has 0 bridgehead atoms. The lowest BCUT2D eigenvalue weighted by Gasteiger charge is -2.39. The summed E-state index contributed by atoms with van der Waals surface area (Å²) < 4.78 is 1.07. The van der Waals surface area contributed by atoms with Crippen LogP contribution in [0, 0.1) is 0 Å². The molecule has 0 spiro atoms. The van der Waals surface area contributed by atoms with Crippen LogP contribution in [0.5, 0.6) is 0 Å². The summed E-state index contributed by atoms with van der Waals surface area (Å²) in [6.45, 7) is 0. The van der Waals surface area contributed by atoms with Crippen LogP contribution in [0.2, 0.25) is 0 Å². The fourth-order valence-corrected chi connectivity index (χ4v) is 2.36. The molecule has 5 nitrogen and oxygen atoms in total. The maximum absolute atomic E-state index is 5.35. The highest BCUT2D eigenvalue weighted by Crippen LogP contribution is 2.24. The minimum Gasteiger partial charge on any atom is -0.353 e. The van der Waals surface area contributed by atoms with Crippen LogP contribution in [0.4, 0.5) is 0 Å². The lowest BCUT2D eigenvalue weighted by molar-refractivity contribution is -0.897. The number of rotatable bonds is 2. The Labute approximate surface area is 98.7 Å². The molecule has 0 aromatic carbocycles. The van der Waals surface area contributed by atoms with E-state index in [0.717, 1.165) is 10.5 Å². The first-order valence-corrected chi connectivity index (χ1v) is 5.98. The highest BCUT2D eigenvalue weighted by atomic mass is 15.3. The summed E-state index contributed by atoms with van der Waals surface area (Å²) in [6.07, 6.45) is 4.92. The van der Waals surface area contributed by atoms with E-state index in [2.05, 4.69) is 36.9 Å². The second-order valence-electron chi connectivity index (χ2n) is 5.48. The third-order valence-electron chi connectivity index (χ3n) is 3.49. The third-order valence-corrected chi connectivity index (χ3v) is 3.49. The fourth-order valence-electron chi connectivity index (χ4n) is 2.36. The normalized spacial score (nSPS) is 27.7. The molecule has 0 aromatic heterocycles. The summed E-state index contributed by atoms with van der Waals surface area (Å²) in [5, 5.41) is 3.33. The average molecular weight is 228 g/mol. The molecule has 1 saturated carbocycles. The zero-order chi connectivity index (χ0) is 12.2. The molecule has 4 N–H and O–H groups in total. The second-order valence-corrected chi connectivity index (χ2v) is 5.48. The zero-order valence-electron chi connectivity index (χ0n) is 11.0. The molecule has 0 radical (unpaired) electrons. The predicted molar refractivity (Wildman–Crippen MR) is 67.9 cm³/mol. The van der Waals surface area contributed by atoms with Crippen LogP contribution in [0.15, 0.2) is 4.99 Å². The molecule has 1 aliphatic carbocycles. The van der Waals surface area contributed by atoms with Gasteiger partial charge < -0.3 is 9.80 Å². The number of hydrazine groups is 1. The number of nitrogens with one attached hydrogen (secondary N) is 2. The molecule has 0 unspecified atom stereocenters. The Morgan fingerprint density at radius 2 is 1.75 bits per heavy atom. The maximum Gasteiger partial charge on any atom is 0.205 e. The summed E-state index contributed by atoms with van der Waals surface area (Å²) >= 11 is 0. The van der Waals surface area contributed by atoms with Crippen molar-refractivity contribution < 1.29 is 4.48 Å². The minimum atomic E-state index is 0.512. The first-order valence-electron chi connectivity index (χ1n) is 5.98. The van der Waals surface area contributed by atoms with Gasteiger partial charge in [0.1, 0.15) is 0 Å². The van der Waals surface area contributed by atoms with Gasteiger partial charge in [-0.1, -0.05) is 0 Å². The second kappa shape index (κ2) is 5.50. The van der Waals surface area contributed by atoms with E-state index in [9.17, 15) is 0 Å². The van der Waals surface area contributed by atoms with Crippen molar-refractivity contribution in [3.63, 3.8) is 0 Å². The van der Waals surface area contributed by atoms with Gasteiger partial charge in [-0.25, -0.2) is 5.84 Å². The Kier molecular flexibility index (Phi) is 4.56. The van der Waals surface area contributed by atoms with E-state index in [0.29, 0.717) is 12.0 Å². The van der Waals surface area contributed by atoms with Crippen LogP contribution in [-0.4, -0.2) is 50.7 Å². The number of guanidine groups is 1. The van der Waals surface area contributed by atoms with Crippen molar-refractivity contribution in [1.29, 1.82) is 0 Å². The minimum absolute atomic E-state index is 0.512. The SMILES string of the molecule is CN=C(NN)NC1CCC([N+](C)(C)C)CC1. The molecule has 0 aromatic rings. The number of hydrogen-bond acceptors (Lipinski definition) is 2. The van der Waals surface area contributed by atoms with Crippen LogP contribution in [-0.2, 0) is 0 Å². The van der Waals surface area contributed by atoms with Crippen LogP contribution < -0.4 is 16.6 Å². The molecule has 0 aliphatic heterocycles. The van der Waals surface area contributed by atoms with Gasteiger partial charge in [-0.2, -0.15) is 0 Å². The Hall–Kier alpha value is -0.810. The Balaban J connectivity index is 2.38. The molecular weight excluding hydrogens is 202 g/mol. The van der Waals surface area contributed by atoms with Gasteiger partial charge in [0.25, 0.3) is 0 Å². The Morgan fingerprint density at radius 1 is 1.19 bits per heavy atom. The van der Waals surface area contributed by atoms with Gasteiger partial charge >= 0.3 is 0 Å². The average Bonchev–Trinajstić information content (AvgIpc) is 2.25. The number of aliphatic imine (C=N–C) groups is 1. The standard InChI is InChI=1S/C11H26N5/c1-13-11(15-12)14-9-5-7-10(8-6-9)16(2,3)4/h9-10H,5-8,12H2,1-4H3,(H2,13,14,15)/q+1. The van der Waals surface area contributed by atoms with Crippen molar-refractivity contribution in [2.45, 2.75) is 37.8 Å². The van der Waals surface area contributed by atoms with E-state index < -0.39 is 0 Å². The third kappa shape index (κ3) is 3.64. The highest BCUT2D eigenvalue weighted by Gasteiger charge is 2.29. The molecule has 5 heteroatoms. The monoisotopic (exact) mass is 228 g/mol. The van der Waals surface area contributed by atoms with E-state index in [1.54, 1.807) is 7.05 Å². The number of nitrogens with zero attached hydrogens (tertiary/aromatic N) is 2. The molecule has 94 valence electrons. The summed E-state index contributed by atoms with van der Waals surface area (Å²) in [5.74, 6) is 6.04. The largest absolute Gasteiger partial charge is 0.353 e. The van der Waals surface area contributed by atoms with Gasteiger partial charge in [0, 0.05) is 25.9 Å². The smallest absolute Gasteiger partial charge is 0.205 e. The summed E-state index contributed by atoms with van der Waals surface area (Å²) in [4.78, 5) is 4.03.